The van der Waals surface area contributed by atoms with Crippen LogP contribution >= 0.6 is 0 Å². The first-order valence-corrected chi connectivity index (χ1v) is 3.97. The number of carbonyl (C=O) groups is 2. The molecule has 0 aliphatic rings. The summed E-state index contributed by atoms with van der Waals surface area (Å²) in [6, 6.07) is 0. The minimum absolute atomic E-state index is 0.346. The molecule has 4 nitrogen and oxygen atoms in total. The lowest BCUT2D eigenvalue weighted by Gasteiger charge is -2.18. The highest BCUT2D eigenvalue weighted by Crippen LogP contribution is 2.02. The Labute approximate surface area is 72.2 Å². The molecule has 1 atom stereocenters. The maximum atomic E-state index is 10.8. The van der Waals surface area contributed by atoms with Crippen molar-refractivity contribution in [3.8, 4) is 0 Å². The van der Waals surface area contributed by atoms with Crippen molar-refractivity contribution in [1.29, 1.82) is 0 Å². The van der Waals surface area contributed by atoms with Gasteiger partial charge in [0.25, 0.3) is 0 Å². The Balaban J connectivity index is 3.95. The van der Waals surface area contributed by atoms with Gasteiger partial charge in [-0.3, -0.25) is 4.79 Å². The van der Waals surface area contributed by atoms with Gasteiger partial charge in [0.1, 0.15) is 0 Å². The molecule has 0 radical (unpaired) electrons. The van der Waals surface area contributed by atoms with Gasteiger partial charge in [0.05, 0.1) is 0 Å². The second-order valence-corrected chi connectivity index (χ2v) is 3.00. The van der Waals surface area contributed by atoms with Crippen LogP contribution in [0, 0.1) is 5.92 Å². The van der Waals surface area contributed by atoms with Gasteiger partial charge in [0.2, 0.25) is 0 Å². The number of carbonyl (C=O) groups excluding carboxylic acids is 1. The fourth-order valence-corrected chi connectivity index (χ4v) is 0.843. The molecule has 12 heavy (non-hydrogen) atoms. The minimum Gasteiger partial charge on any atom is -0.474 e. The Kier molecular flexibility index (Phi) is 4.33. The Morgan fingerprint density at radius 2 is 2.00 bits per heavy atom. The van der Waals surface area contributed by atoms with Gasteiger partial charge in [-0.15, -0.1) is 0 Å². The molecule has 0 saturated heterocycles. The zero-order valence-electron chi connectivity index (χ0n) is 7.70. The van der Waals surface area contributed by atoms with Crippen LogP contribution in [0.25, 0.3) is 0 Å². The van der Waals surface area contributed by atoms with Crippen molar-refractivity contribution >= 4 is 11.9 Å². The molecule has 0 aliphatic carbocycles. The number of hydrogen-bond donors (Lipinski definition) is 1. The quantitative estimate of drug-likeness (QED) is 0.635. The molecule has 0 saturated carbocycles. The van der Waals surface area contributed by atoms with Gasteiger partial charge >= 0.3 is 11.9 Å². The lowest BCUT2D eigenvalue weighted by atomic mass is 10.1. The van der Waals surface area contributed by atoms with E-state index in [2.05, 4.69) is 0 Å². The van der Waals surface area contributed by atoms with Crippen LogP contribution in [-0.2, 0) is 9.59 Å². The fourth-order valence-electron chi connectivity index (χ4n) is 0.843. The van der Waals surface area contributed by atoms with E-state index in [-0.39, 0.29) is 0 Å². The highest BCUT2D eigenvalue weighted by atomic mass is 16.4. The zero-order chi connectivity index (χ0) is 9.72. The Bertz CT molecular complexity index is 179. The molecule has 0 aromatic carbocycles. The summed E-state index contributed by atoms with van der Waals surface area (Å²) in [6.07, 6.45) is 0.942. The monoisotopic (exact) mass is 173 g/mol. The van der Waals surface area contributed by atoms with Crippen molar-refractivity contribution < 1.29 is 14.7 Å². The summed E-state index contributed by atoms with van der Waals surface area (Å²) >= 11 is 0. The standard InChI is InChI=1S/C8H15NO3/c1-4-6(2)5-9(3)7(10)8(11)12/h6H,4-5H2,1-3H3,(H,11,12). The van der Waals surface area contributed by atoms with E-state index in [0.717, 1.165) is 6.42 Å². The Morgan fingerprint density at radius 1 is 1.50 bits per heavy atom. The van der Waals surface area contributed by atoms with E-state index < -0.39 is 11.9 Å². The molecule has 0 aromatic rings. The van der Waals surface area contributed by atoms with Crippen LogP contribution in [0.3, 0.4) is 0 Å². The number of likely N-dealkylation sites (N-methyl/N-ethyl adjacent to an activating group) is 1. The summed E-state index contributed by atoms with van der Waals surface area (Å²) in [5.41, 5.74) is 0. The predicted octanol–water partition coefficient (Wildman–Crippen LogP) is 0.575. The minimum atomic E-state index is -1.39. The first kappa shape index (κ1) is 10.9. The number of nitrogens with zero attached hydrogens (tertiary/aromatic N) is 1. The van der Waals surface area contributed by atoms with E-state index in [1.807, 2.05) is 13.8 Å². The van der Waals surface area contributed by atoms with Crippen LogP contribution in [0.2, 0.25) is 0 Å². The third-order valence-electron chi connectivity index (χ3n) is 1.81. The van der Waals surface area contributed by atoms with Gasteiger partial charge in [0, 0.05) is 13.6 Å². The average molecular weight is 173 g/mol. The molecule has 1 amide bonds. The molecule has 0 rings (SSSR count). The Morgan fingerprint density at radius 3 is 2.33 bits per heavy atom. The summed E-state index contributed by atoms with van der Waals surface area (Å²) < 4.78 is 0. The SMILES string of the molecule is CCC(C)CN(C)C(=O)C(=O)O. The maximum Gasteiger partial charge on any atom is 0.394 e. The van der Waals surface area contributed by atoms with Crippen molar-refractivity contribution in [1.82, 2.24) is 4.90 Å². The number of hydrogen-bond acceptors (Lipinski definition) is 2. The number of carboxylic acids is 1. The molecule has 0 spiro atoms. The van der Waals surface area contributed by atoms with Crippen LogP contribution in [-0.4, -0.2) is 35.5 Å². The molecular weight excluding hydrogens is 158 g/mol. The van der Waals surface area contributed by atoms with Crippen LogP contribution in [0.5, 0.6) is 0 Å². The lowest BCUT2D eigenvalue weighted by Crippen LogP contribution is -2.35. The Hall–Kier alpha value is -1.06. The zero-order valence-corrected chi connectivity index (χ0v) is 7.70. The van der Waals surface area contributed by atoms with E-state index in [0.29, 0.717) is 12.5 Å². The van der Waals surface area contributed by atoms with Crippen molar-refractivity contribution in [3.63, 3.8) is 0 Å². The second kappa shape index (κ2) is 4.74. The summed E-state index contributed by atoms with van der Waals surface area (Å²) in [5.74, 6) is -1.88. The molecule has 0 heterocycles. The van der Waals surface area contributed by atoms with Gasteiger partial charge in [-0.1, -0.05) is 20.3 Å². The largest absolute Gasteiger partial charge is 0.474 e. The number of rotatable bonds is 3. The number of aliphatic carboxylic acids is 1. The predicted molar refractivity (Wildman–Crippen MR) is 44.7 cm³/mol. The van der Waals surface area contributed by atoms with Crippen LogP contribution in [0.1, 0.15) is 20.3 Å². The van der Waals surface area contributed by atoms with E-state index in [4.69, 9.17) is 5.11 Å². The third-order valence-corrected chi connectivity index (χ3v) is 1.81. The van der Waals surface area contributed by atoms with Crippen LogP contribution in [0.4, 0.5) is 0 Å². The van der Waals surface area contributed by atoms with Crippen LogP contribution in [0.15, 0.2) is 0 Å². The molecule has 0 aliphatic heterocycles. The summed E-state index contributed by atoms with van der Waals surface area (Å²) in [4.78, 5) is 22.3. The van der Waals surface area contributed by atoms with Crippen molar-refractivity contribution in [2.24, 2.45) is 5.92 Å². The molecule has 1 N–H and O–H groups in total. The first-order valence-electron chi connectivity index (χ1n) is 3.97. The van der Waals surface area contributed by atoms with Gasteiger partial charge in [-0.05, 0) is 5.92 Å². The molecule has 70 valence electrons. The van der Waals surface area contributed by atoms with Gasteiger partial charge in [0.15, 0.2) is 0 Å². The smallest absolute Gasteiger partial charge is 0.394 e. The maximum absolute atomic E-state index is 10.8. The molecule has 0 aromatic heterocycles. The lowest BCUT2D eigenvalue weighted by molar-refractivity contribution is -0.155. The highest BCUT2D eigenvalue weighted by molar-refractivity contribution is 6.31. The van der Waals surface area contributed by atoms with Crippen molar-refractivity contribution in [2.75, 3.05) is 13.6 Å². The third kappa shape index (κ3) is 3.37. The molecule has 0 fully saturated rings. The second-order valence-electron chi connectivity index (χ2n) is 3.00. The van der Waals surface area contributed by atoms with E-state index in [1.165, 1.54) is 11.9 Å². The molecule has 1 unspecified atom stereocenters. The molecule has 0 bridgehead atoms. The highest BCUT2D eigenvalue weighted by Gasteiger charge is 2.17. The molecular formula is C8H15NO3. The summed E-state index contributed by atoms with van der Waals surface area (Å²) in [7, 11) is 1.50. The summed E-state index contributed by atoms with van der Waals surface area (Å²) in [5, 5.41) is 8.35. The van der Waals surface area contributed by atoms with E-state index in [9.17, 15) is 9.59 Å². The van der Waals surface area contributed by atoms with Gasteiger partial charge in [-0.2, -0.15) is 0 Å². The van der Waals surface area contributed by atoms with E-state index >= 15 is 0 Å². The van der Waals surface area contributed by atoms with Gasteiger partial charge < -0.3 is 10.0 Å². The van der Waals surface area contributed by atoms with Crippen molar-refractivity contribution in [2.45, 2.75) is 20.3 Å². The van der Waals surface area contributed by atoms with Crippen molar-refractivity contribution in [3.05, 3.63) is 0 Å². The molecule has 4 heteroatoms. The normalized spacial score (nSPS) is 12.2. The fraction of sp³-hybridized carbons (Fsp3) is 0.750. The number of carboxylic acid groups (broad SMARTS) is 1. The van der Waals surface area contributed by atoms with E-state index in [1.54, 1.807) is 0 Å². The van der Waals surface area contributed by atoms with Gasteiger partial charge in [-0.25, -0.2) is 4.79 Å². The first-order chi connectivity index (χ1) is 5.49. The average Bonchev–Trinajstić information content (AvgIpc) is 2.02. The van der Waals surface area contributed by atoms with Crippen LogP contribution < -0.4 is 0 Å². The summed E-state index contributed by atoms with van der Waals surface area (Å²) in [6.45, 7) is 4.48. The number of amides is 1. The topological polar surface area (TPSA) is 57.6 Å².